The number of carbonyl (C=O) groups is 1. The number of nitrogens with zero attached hydrogens (tertiary/aromatic N) is 3. The molecular weight excluding hydrogens is 378 g/mol. The van der Waals surface area contributed by atoms with Crippen LogP contribution in [0.25, 0.3) is 0 Å². The first-order valence-corrected chi connectivity index (χ1v) is 9.79. The van der Waals surface area contributed by atoms with Crippen LogP contribution in [-0.4, -0.2) is 23.6 Å². The van der Waals surface area contributed by atoms with Gasteiger partial charge in [0.1, 0.15) is 11.3 Å². The molecule has 0 saturated carbocycles. The highest BCUT2D eigenvalue weighted by molar-refractivity contribution is 6.05. The molecule has 0 aliphatic heterocycles. The minimum atomic E-state index is -0.429. The summed E-state index contributed by atoms with van der Waals surface area (Å²) in [5.41, 5.74) is 1.29. The number of rotatable bonds is 8. The van der Waals surface area contributed by atoms with E-state index < -0.39 is 5.91 Å². The highest BCUT2D eigenvalue weighted by Gasteiger charge is 2.21. The Kier molecular flexibility index (Phi) is 7.01. The van der Waals surface area contributed by atoms with Crippen molar-refractivity contribution < 1.29 is 9.53 Å². The fourth-order valence-corrected chi connectivity index (χ4v) is 3.15. The van der Waals surface area contributed by atoms with Crippen LogP contribution in [0.5, 0.6) is 5.75 Å². The molecule has 0 bridgehead atoms. The van der Waals surface area contributed by atoms with Gasteiger partial charge >= 0.3 is 0 Å². The van der Waals surface area contributed by atoms with Crippen molar-refractivity contribution in [3.05, 3.63) is 94.4 Å². The summed E-state index contributed by atoms with van der Waals surface area (Å²) in [7, 11) is 0. The van der Waals surface area contributed by atoms with Crippen LogP contribution in [0.2, 0.25) is 0 Å². The van der Waals surface area contributed by atoms with Crippen molar-refractivity contribution in [2.45, 2.75) is 19.9 Å². The molecule has 0 saturated heterocycles. The van der Waals surface area contributed by atoms with E-state index in [0.29, 0.717) is 24.6 Å². The number of carbonyl (C=O) groups excluding carboxylic acids is 1. The number of aromatic nitrogens is 1. The minimum Gasteiger partial charge on any atom is -0.494 e. The number of nitriles is 1. The van der Waals surface area contributed by atoms with Gasteiger partial charge in [0, 0.05) is 18.4 Å². The number of pyridine rings is 1. The molecule has 1 heterocycles. The van der Waals surface area contributed by atoms with Gasteiger partial charge < -0.3 is 14.2 Å². The molecule has 0 fully saturated rings. The second-order valence-corrected chi connectivity index (χ2v) is 6.63. The number of hydrogen-bond acceptors (Lipinski definition) is 4. The van der Waals surface area contributed by atoms with Crippen LogP contribution in [-0.2, 0) is 6.54 Å². The maximum absolute atomic E-state index is 13.3. The Hall–Kier alpha value is -3.85. The van der Waals surface area contributed by atoms with E-state index in [1.165, 1.54) is 15.5 Å². The Bertz CT molecular complexity index is 1080. The van der Waals surface area contributed by atoms with E-state index in [0.717, 1.165) is 5.56 Å². The summed E-state index contributed by atoms with van der Waals surface area (Å²) in [6.07, 6.45) is 1.83. The van der Waals surface area contributed by atoms with Crippen LogP contribution in [0.1, 0.15) is 29.3 Å². The fourth-order valence-electron chi connectivity index (χ4n) is 3.15. The van der Waals surface area contributed by atoms with Gasteiger partial charge in [0.25, 0.3) is 11.5 Å². The molecule has 0 N–H and O–H groups in total. The van der Waals surface area contributed by atoms with Crippen molar-refractivity contribution in [1.29, 1.82) is 5.26 Å². The predicted octanol–water partition coefficient (Wildman–Crippen LogP) is 3.86. The molecule has 6 nitrogen and oxygen atoms in total. The molecule has 0 atom stereocenters. The van der Waals surface area contributed by atoms with E-state index in [-0.39, 0.29) is 24.1 Å². The first kappa shape index (κ1) is 20.9. The number of hydrogen-bond donors (Lipinski definition) is 0. The van der Waals surface area contributed by atoms with E-state index in [4.69, 9.17) is 10.00 Å². The summed E-state index contributed by atoms with van der Waals surface area (Å²) in [5.74, 6) is 0.265. The van der Waals surface area contributed by atoms with Crippen molar-refractivity contribution in [3.8, 4) is 11.8 Å². The molecule has 1 amide bonds. The topological polar surface area (TPSA) is 75.3 Å². The molecule has 152 valence electrons. The molecule has 0 aliphatic rings. The van der Waals surface area contributed by atoms with Gasteiger partial charge in [-0.2, -0.15) is 5.26 Å². The van der Waals surface area contributed by atoms with Crippen molar-refractivity contribution in [2.75, 3.05) is 18.1 Å². The summed E-state index contributed by atoms with van der Waals surface area (Å²) >= 11 is 0. The first-order valence-electron chi connectivity index (χ1n) is 9.79. The average Bonchev–Trinajstić information content (AvgIpc) is 2.77. The van der Waals surface area contributed by atoms with E-state index in [9.17, 15) is 9.59 Å². The van der Waals surface area contributed by atoms with Crippen molar-refractivity contribution in [3.63, 3.8) is 0 Å². The maximum atomic E-state index is 13.3. The number of anilines is 1. The first-order chi connectivity index (χ1) is 14.6. The molecule has 2 aromatic carbocycles. The molecule has 0 radical (unpaired) electrons. The molecule has 3 rings (SSSR count). The Balaban J connectivity index is 1.91. The summed E-state index contributed by atoms with van der Waals surface area (Å²) in [4.78, 5) is 27.7. The van der Waals surface area contributed by atoms with Crippen LogP contribution in [0.15, 0.2) is 77.7 Å². The lowest BCUT2D eigenvalue weighted by atomic mass is 10.2. The van der Waals surface area contributed by atoms with Gasteiger partial charge in [0.05, 0.1) is 25.6 Å². The smallest absolute Gasteiger partial charge is 0.263 e. The second kappa shape index (κ2) is 10.1. The standard InChI is InChI=1S/C24H23N3O3/c1-2-30-21-13-11-20(12-14-21)27(17-7-15-25)24(29)22-10-6-16-26(23(22)28)18-19-8-4-3-5-9-19/h3-6,8-14,16H,2,7,17-18H2,1H3. The Morgan fingerprint density at radius 3 is 2.47 bits per heavy atom. The summed E-state index contributed by atoms with van der Waals surface area (Å²) in [6.45, 7) is 3.01. The number of benzene rings is 2. The third-order valence-corrected chi connectivity index (χ3v) is 4.60. The summed E-state index contributed by atoms with van der Waals surface area (Å²) in [6, 6.07) is 21.9. The quantitative estimate of drug-likeness (QED) is 0.574. The van der Waals surface area contributed by atoms with Crippen LogP contribution in [0.4, 0.5) is 5.69 Å². The van der Waals surface area contributed by atoms with Crippen LogP contribution in [0.3, 0.4) is 0 Å². The number of ether oxygens (including phenoxy) is 1. The molecule has 1 aromatic heterocycles. The highest BCUT2D eigenvalue weighted by atomic mass is 16.5. The molecule has 0 spiro atoms. The van der Waals surface area contributed by atoms with Crippen LogP contribution in [0, 0.1) is 11.3 Å². The lowest BCUT2D eigenvalue weighted by Gasteiger charge is -2.22. The molecule has 6 heteroatoms. The summed E-state index contributed by atoms with van der Waals surface area (Å²) < 4.78 is 6.97. The van der Waals surface area contributed by atoms with E-state index in [1.807, 2.05) is 37.3 Å². The normalized spacial score (nSPS) is 10.3. The maximum Gasteiger partial charge on any atom is 0.263 e. The zero-order chi connectivity index (χ0) is 21.3. The molecule has 3 aromatic rings. The van der Waals surface area contributed by atoms with Gasteiger partial charge in [-0.25, -0.2) is 0 Å². The Labute approximate surface area is 175 Å². The van der Waals surface area contributed by atoms with Gasteiger partial charge in [-0.1, -0.05) is 30.3 Å². The van der Waals surface area contributed by atoms with Gasteiger partial charge in [-0.3, -0.25) is 9.59 Å². The van der Waals surface area contributed by atoms with Gasteiger partial charge in [0.15, 0.2) is 0 Å². The van der Waals surface area contributed by atoms with Crippen LogP contribution < -0.4 is 15.2 Å². The average molecular weight is 401 g/mol. The van der Waals surface area contributed by atoms with E-state index >= 15 is 0 Å². The minimum absolute atomic E-state index is 0.0697. The molecule has 30 heavy (non-hydrogen) atoms. The van der Waals surface area contributed by atoms with Crippen molar-refractivity contribution in [1.82, 2.24) is 4.57 Å². The Morgan fingerprint density at radius 1 is 1.07 bits per heavy atom. The molecule has 0 unspecified atom stereocenters. The zero-order valence-electron chi connectivity index (χ0n) is 16.8. The SMILES string of the molecule is CCOc1ccc(N(CCC#N)C(=O)c2cccn(Cc3ccccc3)c2=O)cc1. The monoisotopic (exact) mass is 401 g/mol. The molecule has 0 aliphatic carbocycles. The lowest BCUT2D eigenvalue weighted by Crippen LogP contribution is -2.37. The molecular formula is C24H23N3O3. The third-order valence-electron chi connectivity index (χ3n) is 4.60. The lowest BCUT2D eigenvalue weighted by molar-refractivity contribution is 0.0985. The third kappa shape index (κ3) is 4.95. The van der Waals surface area contributed by atoms with E-state index in [1.54, 1.807) is 36.5 Å². The van der Waals surface area contributed by atoms with Crippen LogP contribution >= 0.6 is 0 Å². The summed E-state index contributed by atoms with van der Waals surface area (Å²) in [5, 5.41) is 9.02. The largest absolute Gasteiger partial charge is 0.494 e. The number of amides is 1. The van der Waals surface area contributed by atoms with Crippen molar-refractivity contribution >= 4 is 11.6 Å². The predicted molar refractivity (Wildman–Crippen MR) is 116 cm³/mol. The van der Waals surface area contributed by atoms with Gasteiger partial charge in [-0.05, 0) is 48.9 Å². The van der Waals surface area contributed by atoms with E-state index in [2.05, 4.69) is 6.07 Å². The Morgan fingerprint density at radius 2 is 1.80 bits per heavy atom. The van der Waals surface area contributed by atoms with Gasteiger partial charge in [0.2, 0.25) is 0 Å². The fraction of sp³-hybridized carbons (Fsp3) is 0.208. The zero-order valence-corrected chi connectivity index (χ0v) is 16.8. The highest BCUT2D eigenvalue weighted by Crippen LogP contribution is 2.21. The van der Waals surface area contributed by atoms with Crippen molar-refractivity contribution in [2.24, 2.45) is 0 Å². The second-order valence-electron chi connectivity index (χ2n) is 6.63. The van der Waals surface area contributed by atoms with Gasteiger partial charge in [-0.15, -0.1) is 0 Å².